The topological polar surface area (TPSA) is 75.4 Å². The maximum atomic E-state index is 10.8. The molecule has 1 saturated carbocycles. The monoisotopic (exact) mass is 292 g/mol. The van der Waals surface area contributed by atoms with Crippen molar-refractivity contribution >= 4 is 5.69 Å². The lowest BCUT2D eigenvalue weighted by Crippen LogP contribution is -2.41. The number of aliphatic hydroxyl groups is 1. The van der Waals surface area contributed by atoms with Gasteiger partial charge in [0.1, 0.15) is 0 Å². The number of benzene rings is 1. The van der Waals surface area contributed by atoms with Crippen LogP contribution >= 0.6 is 0 Å². The van der Waals surface area contributed by atoms with Gasteiger partial charge < -0.3 is 10.4 Å². The smallest absolute Gasteiger partial charge is 0.269 e. The fourth-order valence-corrected chi connectivity index (χ4v) is 2.93. The molecule has 1 aromatic carbocycles. The second-order valence-corrected chi connectivity index (χ2v) is 6.09. The van der Waals surface area contributed by atoms with E-state index in [4.69, 9.17) is 0 Å². The summed E-state index contributed by atoms with van der Waals surface area (Å²) in [5, 5.41) is 24.8. The van der Waals surface area contributed by atoms with E-state index in [-0.39, 0.29) is 16.7 Å². The molecule has 0 amide bonds. The van der Waals surface area contributed by atoms with Crippen LogP contribution in [0.3, 0.4) is 0 Å². The fraction of sp³-hybridized carbons (Fsp3) is 0.625. The number of hydrogen-bond acceptors (Lipinski definition) is 4. The van der Waals surface area contributed by atoms with E-state index in [9.17, 15) is 15.2 Å². The minimum Gasteiger partial charge on any atom is -0.389 e. The van der Waals surface area contributed by atoms with E-state index in [1.54, 1.807) is 12.1 Å². The van der Waals surface area contributed by atoms with Crippen LogP contribution in [-0.2, 0) is 0 Å². The lowest BCUT2D eigenvalue weighted by atomic mass is 9.94. The number of nitro benzene ring substituents is 1. The van der Waals surface area contributed by atoms with Crippen molar-refractivity contribution in [3.8, 4) is 0 Å². The standard InChI is InChI=1S/C16H24N2O3/c1-13(14-7-6-8-15(11-14)18(20)21)17-12-16(19)9-4-2-3-5-10-16/h6-8,11,13,17,19H,2-5,9-10,12H2,1H3. The highest BCUT2D eigenvalue weighted by atomic mass is 16.6. The summed E-state index contributed by atoms with van der Waals surface area (Å²) in [6, 6.07) is 6.65. The number of non-ortho nitro benzene ring substituents is 1. The Morgan fingerprint density at radius 1 is 1.33 bits per heavy atom. The Kier molecular flexibility index (Phi) is 5.31. The fourth-order valence-electron chi connectivity index (χ4n) is 2.93. The van der Waals surface area contributed by atoms with Crippen molar-refractivity contribution in [3.63, 3.8) is 0 Å². The van der Waals surface area contributed by atoms with Gasteiger partial charge in [0.2, 0.25) is 0 Å². The van der Waals surface area contributed by atoms with Crippen molar-refractivity contribution in [2.75, 3.05) is 6.54 Å². The molecule has 1 atom stereocenters. The average molecular weight is 292 g/mol. The molecule has 1 fully saturated rings. The van der Waals surface area contributed by atoms with Gasteiger partial charge in [-0.2, -0.15) is 0 Å². The summed E-state index contributed by atoms with van der Waals surface area (Å²) in [5.41, 5.74) is 0.349. The van der Waals surface area contributed by atoms with Crippen LogP contribution in [0.15, 0.2) is 24.3 Å². The minimum atomic E-state index is -0.633. The molecule has 0 bridgehead atoms. The normalized spacial score (nSPS) is 19.7. The summed E-state index contributed by atoms with van der Waals surface area (Å²) >= 11 is 0. The van der Waals surface area contributed by atoms with Gasteiger partial charge in [-0.1, -0.05) is 37.8 Å². The van der Waals surface area contributed by atoms with Crippen LogP contribution in [0.4, 0.5) is 5.69 Å². The molecule has 1 aliphatic rings. The van der Waals surface area contributed by atoms with Crippen molar-refractivity contribution in [1.29, 1.82) is 0 Å². The highest BCUT2D eigenvalue weighted by Gasteiger charge is 2.28. The molecule has 2 rings (SSSR count). The van der Waals surface area contributed by atoms with E-state index in [1.165, 1.54) is 18.9 Å². The Balaban J connectivity index is 1.96. The minimum absolute atomic E-state index is 0.0165. The van der Waals surface area contributed by atoms with Gasteiger partial charge in [0, 0.05) is 24.7 Å². The summed E-state index contributed by atoms with van der Waals surface area (Å²) in [6.07, 6.45) is 6.21. The van der Waals surface area contributed by atoms with E-state index in [0.29, 0.717) is 6.54 Å². The van der Waals surface area contributed by atoms with Gasteiger partial charge in [0.25, 0.3) is 5.69 Å². The molecular formula is C16H24N2O3. The molecule has 1 aromatic rings. The quantitative estimate of drug-likeness (QED) is 0.496. The largest absolute Gasteiger partial charge is 0.389 e. The van der Waals surface area contributed by atoms with Gasteiger partial charge >= 0.3 is 0 Å². The van der Waals surface area contributed by atoms with Crippen molar-refractivity contribution in [1.82, 2.24) is 5.32 Å². The first-order valence-corrected chi connectivity index (χ1v) is 7.70. The molecule has 0 radical (unpaired) electrons. The SMILES string of the molecule is CC(NCC1(O)CCCCCC1)c1cccc([N+](=O)[O-])c1. The Labute approximate surface area is 125 Å². The van der Waals surface area contributed by atoms with Crippen LogP contribution < -0.4 is 5.32 Å². The highest BCUT2D eigenvalue weighted by Crippen LogP contribution is 2.27. The molecule has 1 aliphatic carbocycles. The Hall–Kier alpha value is -1.46. The van der Waals surface area contributed by atoms with E-state index in [1.807, 2.05) is 13.0 Å². The molecule has 0 aliphatic heterocycles. The second-order valence-electron chi connectivity index (χ2n) is 6.09. The predicted molar refractivity (Wildman–Crippen MR) is 82.2 cm³/mol. The van der Waals surface area contributed by atoms with Crippen LogP contribution in [-0.4, -0.2) is 22.2 Å². The van der Waals surface area contributed by atoms with Crippen molar-refractivity contribution in [3.05, 3.63) is 39.9 Å². The lowest BCUT2D eigenvalue weighted by Gasteiger charge is -2.29. The molecule has 0 heterocycles. The highest BCUT2D eigenvalue weighted by molar-refractivity contribution is 5.35. The van der Waals surface area contributed by atoms with Crippen LogP contribution in [0, 0.1) is 10.1 Å². The van der Waals surface area contributed by atoms with Crippen LogP contribution in [0.1, 0.15) is 57.1 Å². The third kappa shape index (κ3) is 4.51. The van der Waals surface area contributed by atoms with Gasteiger partial charge in [-0.15, -0.1) is 0 Å². The Bertz CT molecular complexity index is 482. The van der Waals surface area contributed by atoms with Crippen LogP contribution in [0.5, 0.6) is 0 Å². The van der Waals surface area contributed by atoms with Gasteiger partial charge in [-0.3, -0.25) is 10.1 Å². The van der Waals surface area contributed by atoms with Gasteiger partial charge in [-0.05, 0) is 25.3 Å². The molecule has 0 saturated heterocycles. The number of hydrogen-bond donors (Lipinski definition) is 2. The number of nitrogens with one attached hydrogen (secondary N) is 1. The third-order valence-electron chi connectivity index (χ3n) is 4.35. The first-order valence-electron chi connectivity index (χ1n) is 7.70. The van der Waals surface area contributed by atoms with Gasteiger partial charge in [0.15, 0.2) is 0 Å². The first-order chi connectivity index (χ1) is 10.0. The average Bonchev–Trinajstić information content (AvgIpc) is 2.70. The first kappa shape index (κ1) is 15.9. The summed E-state index contributed by atoms with van der Waals surface area (Å²) < 4.78 is 0. The zero-order valence-corrected chi connectivity index (χ0v) is 12.5. The summed E-state index contributed by atoms with van der Waals surface area (Å²) in [5.74, 6) is 0. The van der Waals surface area contributed by atoms with E-state index in [2.05, 4.69) is 5.32 Å². The number of nitrogens with zero attached hydrogens (tertiary/aromatic N) is 1. The number of rotatable bonds is 5. The molecule has 5 nitrogen and oxygen atoms in total. The third-order valence-corrected chi connectivity index (χ3v) is 4.35. The van der Waals surface area contributed by atoms with E-state index in [0.717, 1.165) is 31.2 Å². The van der Waals surface area contributed by atoms with E-state index >= 15 is 0 Å². The second kappa shape index (κ2) is 7.00. The zero-order valence-electron chi connectivity index (χ0n) is 12.5. The predicted octanol–water partition coefficient (Wildman–Crippen LogP) is 3.33. The molecule has 5 heteroatoms. The molecule has 1 unspecified atom stereocenters. The van der Waals surface area contributed by atoms with Crippen LogP contribution in [0.2, 0.25) is 0 Å². The molecule has 116 valence electrons. The zero-order chi connectivity index (χ0) is 15.3. The van der Waals surface area contributed by atoms with Crippen molar-refractivity contribution < 1.29 is 10.0 Å². The van der Waals surface area contributed by atoms with Crippen LogP contribution in [0.25, 0.3) is 0 Å². The maximum Gasteiger partial charge on any atom is 0.269 e. The number of nitro groups is 1. The Morgan fingerprint density at radius 2 is 2.00 bits per heavy atom. The molecular weight excluding hydrogens is 268 g/mol. The summed E-state index contributed by atoms with van der Waals surface area (Å²) in [7, 11) is 0. The molecule has 0 aromatic heterocycles. The van der Waals surface area contributed by atoms with Crippen molar-refractivity contribution in [2.45, 2.75) is 57.1 Å². The van der Waals surface area contributed by atoms with Gasteiger partial charge in [-0.25, -0.2) is 0 Å². The van der Waals surface area contributed by atoms with E-state index < -0.39 is 5.60 Å². The molecule has 21 heavy (non-hydrogen) atoms. The lowest BCUT2D eigenvalue weighted by molar-refractivity contribution is -0.384. The molecule has 2 N–H and O–H groups in total. The van der Waals surface area contributed by atoms with Gasteiger partial charge in [0.05, 0.1) is 10.5 Å². The van der Waals surface area contributed by atoms with Crippen molar-refractivity contribution in [2.24, 2.45) is 0 Å². The Morgan fingerprint density at radius 3 is 2.62 bits per heavy atom. The maximum absolute atomic E-state index is 10.8. The molecule has 0 spiro atoms. The summed E-state index contributed by atoms with van der Waals surface area (Å²) in [4.78, 5) is 10.4. The summed E-state index contributed by atoms with van der Waals surface area (Å²) in [6.45, 7) is 2.51.